The molecule has 7 nitrogen and oxygen atoms in total. The van der Waals surface area contributed by atoms with Crippen LogP contribution in [0.1, 0.15) is 36.6 Å². The van der Waals surface area contributed by atoms with Crippen molar-refractivity contribution in [1.82, 2.24) is 14.9 Å². The molecule has 0 radical (unpaired) electrons. The number of anilines is 1. The highest BCUT2D eigenvalue weighted by atomic mass is 16.5. The molecule has 5 rings (SSSR count). The van der Waals surface area contributed by atoms with E-state index in [1.165, 1.54) is 6.42 Å². The monoisotopic (exact) mass is 404 g/mol. The Labute approximate surface area is 174 Å². The van der Waals surface area contributed by atoms with Gasteiger partial charge in [-0.2, -0.15) is 4.98 Å². The first-order valence-corrected chi connectivity index (χ1v) is 10.2. The van der Waals surface area contributed by atoms with E-state index in [1.54, 1.807) is 20.3 Å². The number of aldehydes is 1. The lowest BCUT2D eigenvalue weighted by molar-refractivity contribution is -0.113. The summed E-state index contributed by atoms with van der Waals surface area (Å²) in [5.41, 5.74) is 11.5. The number of nitrogens with two attached hydrogens (primary N) is 1. The molecule has 1 unspecified atom stereocenters. The predicted molar refractivity (Wildman–Crippen MR) is 114 cm³/mol. The van der Waals surface area contributed by atoms with Crippen LogP contribution in [0.5, 0.6) is 11.8 Å². The van der Waals surface area contributed by atoms with E-state index < -0.39 is 0 Å². The van der Waals surface area contributed by atoms with Crippen molar-refractivity contribution in [2.24, 2.45) is 0 Å². The maximum absolute atomic E-state index is 12.0. The summed E-state index contributed by atoms with van der Waals surface area (Å²) < 4.78 is 10.7. The Morgan fingerprint density at radius 3 is 2.60 bits per heavy atom. The Balaban J connectivity index is 1.69. The fourth-order valence-corrected chi connectivity index (χ4v) is 4.60. The number of ether oxygens (including phenoxy) is 2. The van der Waals surface area contributed by atoms with Crippen molar-refractivity contribution in [2.75, 3.05) is 20.0 Å². The van der Waals surface area contributed by atoms with Crippen molar-refractivity contribution in [3.8, 4) is 22.9 Å². The average molecular weight is 404 g/mol. The predicted octanol–water partition coefficient (Wildman–Crippen LogP) is 3.50. The molecule has 0 spiro atoms. The van der Waals surface area contributed by atoms with E-state index in [0.717, 1.165) is 52.4 Å². The van der Waals surface area contributed by atoms with Crippen LogP contribution >= 0.6 is 0 Å². The Morgan fingerprint density at radius 1 is 1.10 bits per heavy atom. The third-order valence-electron chi connectivity index (χ3n) is 6.36. The van der Waals surface area contributed by atoms with Gasteiger partial charge >= 0.3 is 0 Å². The molecular formula is C23H24N4O3. The average Bonchev–Trinajstić information content (AvgIpc) is 3.09. The van der Waals surface area contributed by atoms with Crippen molar-refractivity contribution >= 4 is 22.9 Å². The van der Waals surface area contributed by atoms with Crippen molar-refractivity contribution in [2.45, 2.75) is 37.9 Å². The minimum atomic E-state index is -0.317. The lowest BCUT2D eigenvalue weighted by Gasteiger charge is -2.36. The highest BCUT2D eigenvalue weighted by Gasteiger charge is 2.39. The van der Waals surface area contributed by atoms with Crippen LogP contribution in [0.4, 0.5) is 5.69 Å². The van der Waals surface area contributed by atoms with Crippen molar-refractivity contribution < 1.29 is 14.3 Å². The standard InChI is InChI=1S/C23H24N4O3/c1-29-19-10-9-15(23(26-19)30-2)14-7-4-8-16-21(24)20-17(25-22(14)16)11-27(18(20)12-28)13-5-3-6-13/h4,7-10,12-13,18H,3,5-6,11H2,1-2H3,(H2,24,25). The van der Waals surface area contributed by atoms with Gasteiger partial charge in [-0.25, -0.2) is 0 Å². The third kappa shape index (κ3) is 2.73. The molecule has 2 N–H and O–H groups in total. The summed E-state index contributed by atoms with van der Waals surface area (Å²) in [5, 5.41) is 0.839. The van der Waals surface area contributed by atoms with E-state index in [2.05, 4.69) is 9.88 Å². The van der Waals surface area contributed by atoms with E-state index >= 15 is 0 Å². The number of para-hydroxylation sites is 1. The van der Waals surface area contributed by atoms with Crippen LogP contribution < -0.4 is 15.2 Å². The third-order valence-corrected chi connectivity index (χ3v) is 6.36. The van der Waals surface area contributed by atoms with Gasteiger partial charge in [0.2, 0.25) is 11.8 Å². The van der Waals surface area contributed by atoms with Crippen LogP contribution in [0.2, 0.25) is 0 Å². The number of carbonyl (C=O) groups is 1. The zero-order valence-electron chi connectivity index (χ0n) is 17.1. The van der Waals surface area contributed by atoms with Gasteiger partial charge in [-0.1, -0.05) is 24.6 Å². The molecule has 1 saturated carbocycles. The number of rotatable bonds is 5. The molecule has 1 fully saturated rings. The Hall–Kier alpha value is -3.19. The summed E-state index contributed by atoms with van der Waals surface area (Å²) in [5.74, 6) is 0.943. The molecule has 3 heterocycles. The largest absolute Gasteiger partial charge is 0.481 e. The molecule has 154 valence electrons. The topological polar surface area (TPSA) is 90.6 Å². The van der Waals surface area contributed by atoms with Crippen LogP contribution in [0.15, 0.2) is 30.3 Å². The quantitative estimate of drug-likeness (QED) is 0.651. The molecule has 0 bridgehead atoms. The number of hydrogen-bond acceptors (Lipinski definition) is 7. The molecule has 2 aliphatic rings. The van der Waals surface area contributed by atoms with Crippen LogP contribution in [-0.4, -0.2) is 41.4 Å². The SMILES string of the molecule is COc1ccc(-c2cccc3c(N)c4c(nc23)CN(C2CCC2)C4C=O)c(OC)n1. The summed E-state index contributed by atoms with van der Waals surface area (Å²) in [4.78, 5) is 23.6. The number of fused-ring (bicyclic) bond motifs is 2. The van der Waals surface area contributed by atoms with Gasteiger partial charge in [0.1, 0.15) is 6.29 Å². The molecule has 30 heavy (non-hydrogen) atoms. The number of pyridine rings is 2. The second-order valence-corrected chi connectivity index (χ2v) is 7.84. The number of nitrogen functional groups attached to an aromatic ring is 1. The molecule has 3 aromatic rings. The van der Waals surface area contributed by atoms with E-state index in [4.69, 9.17) is 20.2 Å². The minimum absolute atomic E-state index is 0.317. The normalized spacial score (nSPS) is 18.8. The molecule has 7 heteroatoms. The number of methoxy groups -OCH3 is 2. The maximum atomic E-state index is 12.0. The molecule has 0 amide bonds. The van der Waals surface area contributed by atoms with Gasteiger partial charge in [0.25, 0.3) is 0 Å². The summed E-state index contributed by atoms with van der Waals surface area (Å²) in [6.07, 6.45) is 4.46. The highest BCUT2D eigenvalue weighted by molar-refractivity contribution is 6.02. The fraction of sp³-hybridized carbons (Fsp3) is 0.348. The number of benzene rings is 1. The van der Waals surface area contributed by atoms with Crippen LogP contribution in [0.3, 0.4) is 0 Å². The minimum Gasteiger partial charge on any atom is -0.481 e. The second kappa shape index (κ2) is 7.25. The smallest absolute Gasteiger partial charge is 0.224 e. The lowest BCUT2D eigenvalue weighted by atomic mass is 9.90. The zero-order valence-corrected chi connectivity index (χ0v) is 17.1. The molecule has 1 aliphatic carbocycles. The van der Waals surface area contributed by atoms with Crippen molar-refractivity contribution in [3.05, 3.63) is 41.6 Å². The molecule has 1 atom stereocenters. The van der Waals surface area contributed by atoms with E-state index in [0.29, 0.717) is 30.0 Å². The van der Waals surface area contributed by atoms with Crippen LogP contribution in [0.25, 0.3) is 22.0 Å². The first-order chi connectivity index (χ1) is 14.7. The lowest BCUT2D eigenvalue weighted by Crippen LogP contribution is -2.39. The van der Waals surface area contributed by atoms with Crippen LogP contribution in [0, 0.1) is 0 Å². The van der Waals surface area contributed by atoms with Gasteiger partial charge in [-0.15, -0.1) is 0 Å². The first-order valence-electron chi connectivity index (χ1n) is 10.2. The summed E-state index contributed by atoms with van der Waals surface area (Å²) in [7, 11) is 3.16. The first kappa shape index (κ1) is 18.8. The van der Waals surface area contributed by atoms with Gasteiger partial charge < -0.3 is 20.0 Å². The van der Waals surface area contributed by atoms with Gasteiger partial charge in [0.05, 0.1) is 31.5 Å². The molecular weight excluding hydrogens is 380 g/mol. The number of carbonyl (C=O) groups excluding carboxylic acids is 1. The summed E-state index contributed by atoms with van der Waals surface area (Å²) in [6, 6.07) is 9.72. The van der Waals surface area contributed by atoms with Gasteiger partial charge in [-0.3, -0.25) is 9.88 Å². The van der Waals surface area contributed by atoms with E-state index in [9.17, 15) is 4.79 Å². The van der Waals surface area contributed by atoms with Crippen molar-refractivity contribution in [1.29, 1.82) is 0 Å². The van der Waals surface area contributed by atoms with Crippen LogP contribution in [-0.2, 0) is 11.3 Å². The summed E-state index contributed by atoms with van der Waals surface area (Å²) >= 11 is 0. The molecule has 1 aliphatic heterocycles. The van der Waals surface area contributed by atoms with Gasteiger partial charge in [-0.05, 0) is 18.9 Å². The van der Waals surface area contributed by atoms with Gasteiger partial charge in [0, 0.05) is 46.4 Å². The summed E-state index contributed by atoms with van der Waals surface area (Å²) in [6.45, 7) is 0.649. The second-order valence-electron chi connectivity index (χ2n) is 7.84. The van der Waals surface area contributed by atoms with Crippen molar-refractivity contribution in [3.63, 3.8) is 0 Å². The number of nitrogens with zero attached hydrogens (tertiary/aromatic N) is 3. The molecule has 2 aromatic heterocycles. The Kier molecular flexibility index (Phi) is 4.55. The molecule has 1 aromatic carbocycles. The Bertz CT molecular complexity index is 1140. The zero-order chi connectivity index (χ0) is 20.8. The number of hydrogen-bond donors (Lipinski definition) is 1. The van der Waals surface area contributed by atoms with E-state index in [1.807, 2.05) is 24.3 Å². The highest BCUT2D eigenvalue weighted by Crippen LogP contribution is 2.45. The van der Waals surface area contributed by atoms with E-state index in [-0.39, 0.29) is 6.04 Å². The van der Waals surface area contributed by atoms with Gasteiger partial charge in [0.15, 0.2) is 0 Å². The fourth-order valence-electron chi connectivity index (χ4n) is 4.60. The molecule has 0 saturated heterocycles. The number of aromatic nitrogens is 2. The Morgan fingerprint density at radius 2 is 1.93 bits per heavy atom. The maximum Gasteiger partial charge on any atom is 0.224 e.